The van der Waals surface area contributed by atoms with Gasteiger partial charge in [0.25, 0.3) is 0 Å². The number of anilines is 1. The number of fused-ring (bicyclic) bond motifs is 1. The number of thioether (sulfide) groups is 1. The maximum atomic E-state index is 13.5. The number of thiazole rings is 1. The number of hydrogen-bond donors (Lipinski definition) is 1. The second kappa shape index (κ2) is 5.29. The first-order valence-corrected chi connectivity index (χ1v) is 7.38. The highest BCUT2D eigenvalue weighted by atomic mass is 32.2. The Hall–Kier alpha value is -1.80. The van der Waals surface area contributed by atoms with E-state index < -0.39 is 11.6 Å². The molecule has 0 bridgehead atoms. The van der Waals surface area contributed by atoms with Crippen molar-refractivity contribution in [1.82, 2.24) is 15.0 Å². The molecule has 0 unspecified atom stereocenters. The highest BCUT2D eigenvalue weighted by Crippen LogP contribution is 2.26. The standard InChI is InChI=1S/C12H8F2N4S2/c13-7-3-1-2-6(9(7)14)5-19-12-16-4-8-10(18-12)17-11(15)20-8/h1-4H,5H2,(H2,15,16,17,18). The van der Waals surface area contributed by atoms with E-state index in [1.807, 2.05) is 0 Å². The lowest BCUT2D eigenvalue weighted by atomic mass is 10.2. The van der Waals surface area contributed by atoms with E-state index in [0.717, 1.165) is 10.8 Å². The van der Waals surface area contributed by atoms with Gasteiger partial charge in [0.1, 0.15) is 0 Å². The molecule has 0 radical (unpaired) electrons. The average molecular weight is 310 g/mol. The van der Waals surface area contributed by atoms with E-state index in [1.54, 1.807) is 6.20 Å². The second-order valence-corrected chi connectivity index (χ2v) is 5.90. The molecule has 4 nitrogen and oxygen atoms in total. The number of nitrogen functional groups attached to an aromatic ring is 1. The van der Waals surface area contributed by atoms with Crippen LogP contribution in [0.1, 0.15) is 5.56 Å². The molecule has 8 heteroatoms. The summed E-state index contributed by atoms with van der Waals surface area (Å²) >= 11 is 2.52. The van der Waals surface area contributed by atoms with Crippen molar-refractivity contribution >= 4 is 38.6 Å². The predicted octanol–water partition coefficient (Wildman–Crippen LogP) is 3.24. The van der Waals surface area contributed by atoms with Gasteiger partial charge in [-0.05, 0) is 6.07 Å². The largest absolute Gasteiger partial charge is 0.375 e. The monoisotopic (exact) mass is 310 g/mol. The van der Waals surface area contributed by atoms with E-state index in [4.69, 9.17) is 5.73 Å². The van der Waals surface area contributed by atoms with E-state index in [2.05, 4.69) is 15.0 Å². The van der Waals surface area contributed by atoms with Crippen LogP contribution in [0.15, 0.2) is 29.6 Å². The Balaban J connectivity index is 1.81. The van der Waals surface area contributed by atoms with Crippen LogP contribution in [0.4, 0.5) is 13.9 Å². The fourth-order valence-corrected chi connectivity index (χ4v) is 3.04. The van der Waals surface area contributed by atoms with Gasteiger partial charge in [-0.2, -0.15) is 0 Å². The summed E-state index contributed by atoms with van der Waals surface area (Å²) in [5.74, 6) is -1.44. The quantitative estimate of drug-likeness (QED) is 0.594. The SMILES string of the molecule is Nc1nc2nc(SCc3cccc(F)c3F)ncc2s1. The van der Waals surface area contributed by atoms with Crippen LogP contribution in [0.25, 0.3) is 10.3 Å². The molecular formula is C12H8F2N4S2. The maximum absolute atomic E-state index is 13.5. The molecule has 0 aliphatic heterocycles. The smallest absolute Gasteiger partial charge is 0.189 e. The molecule has 102 valence electrons. The average Bonchev–Trinajstić information content (AvgIpc) is 2.79. The first-order valence-electron chi connectivity index (χ1n) is 5.58. The number of nitrogens with two attached hydrogens (primary N) is 1. The minimum atomic E-state index is -0.855. The van der Waals surface area contributed by atoms with Crippen molar-refractivity contribution in [3.05, 3.63) is 41.6 Å². The molecule has 20 heavy (non-hydrogen) atoms. The van der Waals surface area contributed by atoms with Gasteiger partial charge in [-0.25, -0.2) is 23.7 Å². The first kappa shape index (κ1) is 13.2. The molecule has 2 aromatic heterocycles. The van der Waals surface area contributed by atoms with Gasteiger partial charge in [0, 0.05) is 11.3 Å². The van der Waals surface area contributed by atoms with Gasteiger partial charge in [-0.15, -0.1) is 0 Å². The summed E-state index contributed by atoms with van der Waals surface area (Å²) in [6.07, 6.45) is 1.63. The van der Waals surface area contributed by atoms with Gasteiger partial charge in [0.2, 0.25) is 0 Å². The van der Waals surface area contributed by atoms with Gasteiger partial charge in [-0.1, -0.05) is 35.2 Å². The van der Waals surface area contributed by atoms with Crippen molar-refractivity contribution in [3.8, 4) is 0 Å². The Morgan fingerprint density at radius 1 is 1.25 bits per heavy atom. The van der Waals surface area contributed by atoms with E-state index in [1.165, 1.54) is 35.2 Å². The third-order valence-electron chi connectivity index (χ3n) is 2.53. The summed E-state index contributed by atoms with van der Waals surface area (Å²) in [5.41, 5.74) is 6.38. The molecule has 0 saturated carbocycles. The minimum Gasteiger partial charge on any atom is -0.375 e. The summed E-state index contributed by atoms with van der Waals surface area (Å²) < 4.78 is 27.4. The van der Waals surface area contributed by atoms with Crippen LogP contribution in [-0.4, -0.2) is 15.0 Å². The van der Waals surface area contributed by atoms with Gasteiger partial charge in [0.15, 0.2) is 27.6 Å². The minimum absolute atomic E-state index is 0.245. The molecule has 1 aromatic carbocycles. The summed E-state index contributed by atoms with van der Waals surface area (Å²) in [6.45, 7) is 0. The molecule has 2 N–H and O–H groups in total. The zero-order chi connectivity index (χ0) is 14.1. The third-order valence-corrected chi connectivity index (χ3v) is 4.25. The predicted molar refractivity (Wildman–Crippen MR) is 75.5 cm³/mol. The number of rotatable bonds is 3. The molecular weight excluding hydrogens is 302 g/mol. The zero-order valence-electron chi connectivity index (χ0n) is 10.0. The normalized spacial score (nSPS) is 11.1. The van der Waals surface area contributed by atoms with Gasteiger partial charge in [0.05, 0.1) is 10.9 Å². The van der Waals surface area contributed by atoms with Gasteiger partial charge < -0.3 is 5.73 Å². The van der Waals surface area contributed by atoms with Crippen LogP contribution in [-0.2, 0) is 5.75 Å². The Bertz CT molecular complexity index is 775. The molecule has 3 aromatic rings. The Labute approximate surface area is 121 Å². The highest BCUT2D eigenvalue weighted by molar-refractivity contribution is 7.98. The Morgan fingerprint density at radius 3 is 2.95 bits per heavy atom. The van der Waals surface area contributed by atoms with Crippen LogP contribution in [0.3, 0.4) is 0 Å². The fraction of sp³-hybridized carbons (Fsp3) is 0.0833. The summed E-state index contributed by atoms with van der Waals surface area (Å²) in [5, 5.41) is 0.874. The van der Waals surface area contributed by atoms with Crippen LogP contribution in [0.2, 0.25) is 0 Å². The van der Waals surface area contributed by atoms with Crippen molar-refractivity contribution in [3.63, 3.8) is 0 Å². The van der Waals surface area contributed by atoms with E-state index in [9.17, 15) is 8.78 Å². The highest BCUT2D eigenvalue weighted by Gasteiger charge is 2.10. The van der Waals surface area contributed by atoms with Crippen LogP contribution < -0.4 is 5.73 Å². The number of halogens is 2. The third kappa shape index (κ3) is 2.56. The lowest BCUT2D eigenvalue weighted by Crippen LogP contribution is -1.93. The van der Waals surface area contributed by atoms with E-state index >= 15 is 0 Å². The van der Waals surface area contributed by atoms with Crippen molar-refractivity contribution in [2.75, 3.05) is 5.73 Å². The molecule has 0 saturated heterocycles. The molecule has 3 rings (SSSR count). The van der Waals surface area contributed by atoms with Crippen LogP contribution in [0.5, 0.6) is 0 Å². The lowest BCUT2D eigenvalue weighted by Gasteiger charge is -2.02. The number of aromatic nitrogens is 3. The summed E-state index contributed by atoms with van der Waals surface area (Å²) in [7, 11) is 0. The van der Waals surface area contributed by atoms with E-state index in [0.29, 0.717) is 15.9 Å². The topological polar surface area (TPSA) is 64.7 Å². The molecule has 2 heterocycles. The van der Waals surface area contributed by atoms with Gasteiger partial charge >= 0.3 is 0 Å². The molecule has 0 amide bonds. The molecule has 0 fully saturated rings. The summed E-state index contributed by atoms with van der Waals surface area (Å²) in [6, 6.07) is 4.09. The lowest BCUT2D eigenvalue weighted by molar-refractivity contribution is 0.502. The van der Waals surface area contributed by atoms with Crippen molar-refractivity contribution in [1.29, 1.82) is 0 Å². The Kier molecular flexibility index (Phi) is 3.49. The van der Waals surface area contributed by atoms with Crippen LogP contribution in [0, 0.1) is 11.6 Å². The second-order valence-electron chi connectivity index (χ2n) is 3.89. The molecule has 0 atom stereocenters. The fourth-order valence-electron chi connectivity index (χ4n) is 1.61. The number of benzene rings is 1. The Morgan fingerprint density at radius 2 is 2.10 bits per heavy atom. The van der Waals surface area contributed by atoms with Gasteiger partial charge in [-0.3, -0.25) is 0 Å². The van der Waals surface area contributed by atoms with Crippen molar-refractivity contribution in [2.24, 2.45) is 0 Å². The summed E-state index contributed by atoms with van der Waals surface area (Å²) in [4.78, 5) is 12.4. The first-order chi connectivity index (χ1) is 9.63. The maximum Gasteiger partial charge on any atom is 0.189 e. The number of nitrogens with zero attached hydrogens (tertiary/aromatic N) is 3. The molecule has 0 aliphatic rings. The van der Waals surface area contributed by atoms with Crippen molar-refractivity contribution < 1.29 is 8.78 Å². The molecule has 0 aliphatic carbocycles. The number of hydrogen-bond acceptors (Lipinski definition) is 6. The van der Waals surface area contributed by atoms with E-state index in [-0.39, 0.29) is 11.3 Å². The molecule has 0 spiro atoms. The zero-order valence-corrected chi connectivity index (χ0v) is 11.6. The van der Waals surface area contributed by atoms with Crippen molar-refractivity contribution in [2.45, 2.75) is 10.9 Å². The van der Waals surface area contributed by atoms with Crippen LogP contribution >= 0.6 is 23.1 Å².